The van der Waals surface area contributed by atoms with Gasteiger partial charge in [-0.1, -0.05) is 60.7 Å². The van der Waals surface area contributed by atoms with Gasteiger partial charge >= 0.3 is 0 Å². The third-order valence-electron chi connectivity index (χ3n) is 5.71. The molecule has 2 saturated carbocycles. The van der Waals surface area contributed by atoms with E-state index in [1.165, 1.54) is 30.4 Å². The number of hydrogen-bond donors (Lipinski definition) is 1. The number of fused-ring (bicyclic) bond motifs is 2. The molecule has 4 rings (SSSR count). The minimum Gasteiger partial charge on any atom is -0.352 e. The highest BCUT2D eigenvalue weighted by molar-refractivity contribution is 5.80. The van der Waals surface area contributed by atoms with Crippen LogP contribution < -0.4 is 5.32 Å². The predicted octanol–water partition coefficient (Wildman–Crippen LogP) is 4.13. The maximum Gasteiger partial charge on any atom is 0.224 e. The standard InChI is InChI=1S/C21H23NO/c23-21(22-14-15-7-3-1-4-8-15)20-18-12-11-17(13-18)19(20)16-9-5-2-6-10-16/h1-10,17-20H,11-14H2,(H,22,23)/t17-,18+,19+,20+/m1/s1. The second-order valence-corrected chi connectivity index (χ2v) is 7.00. The van der Waals surface area contributed by atoms with E-state index >= 15 is 0 Å². The normalized spacial score (nSPS) is 28.7. The summed E-state index contributed by atoms with van der Waals surface area (Å²) in [6.45, 7) is 0.634. The molecule has 0 saturated heterocycles. The Hall–Kier alpha value is -2.09. The van der Waals surface area contributed by atoms with Gasteiger partial charge in [-0.25, -0.2) is 0 Å². The van der Waals surface area contributed by atoms with E-state index in [0.29, 0.717) is 24.3 Å². The van der Waals surface area contributed by atoms with Crippen LogP contribution in [0.1, 0.15) is 36.3 Å². The molecule has 1 N–H and O–H groups in total. The van der Waals surface area contributed by atoms with Gasteiger partial charge in [0.1, 0.15) is 0 Å². The quantitative estimate of drug-likeness (QED) is 0.904. The molecule has 2 aromatic rings. The van der Waals surface area contributed by atoms with Gasteiger partial charge in [-0.2, -0.15) is 0 Å². The molecule has 2 bridgehead atoms. The molecule has 0 aromatic heterocycles. The topological polar surface area (TPSA) is 29.1 Å². The molecular formula is C21H23NO. The van der Waals surface area contributed by atoms with Crippen molar-refractivity contribution in [1.29, 1.82) is 0 Å². The van der Waals surface area contributed by atoms with Crippen LogP contribution >= 0.6 is 0 Å². The molecule has 0 spiro atoms. The lowest BCUT2D eigenvalue weighted by Gasteiger charge is -2.30. The molecule has 2 heteroatoms. The average molecular weight is 305 g/mol. The fourth-order valence-electron chi connectivity index (χ4n) is 4.73. The van der Waals surface area contributed by atoms with E-state index in [-0.39, 0.29) is 11.8 Å². The minimum atomic E-state index is 0.153. The van der Waals surface area contributed by atoms with E-state index in [1.54, 1.807) is 0 Å². The second kappa shape index (κ2) is 6.19. The number of hydrogen-bond acceptors (Lipinski definition) is 1. The smallest absolute Gasteiger partial charge is 0.224 e. The van der Waals surface area contributed by atoms with Gasteiger partial charge in [-0.05, 0) is 48.1 Å². The van der Waals surface area contributed by atoms with Gasteiger partial charge in [0.15, 0.2) is 0 Å². The predicted molar refractivity (Wildman–Crippen MR) is 91.8 cm³/mol. The Kier molecular flexibility index (Phi) is 3.90. The number of carbonyl (C=O) groups excluding carboxylic acids is 1. The number of nitrogens with one attached hydrogen (secondary N) is 1. The highest BCUT2D eigenvalue weighted by Gasteiger charge is 2.50. The number of benzene rings is 2. The Morgan fingerprint density at radius 2 is 1.57 bits per heavy atom. The van der Waals surface area contributed by atoms with Crippen molar-refractivity contribution in [3.8, 4) is 0 Å². The van der Waals surface area contributed by atoms with Gasteiger partial charge in [0, 0.05) is 12.5 Å². The Morgan fingerprint density at radius 1 is 0.913 bits per heavy atom. The first-order valence-corrected chi connectivity index (χ1v) is 8.69. The van der Waals surface area contributed by atoms with Crippen LogP contribution in [0, 0.1) is 17.8 Å². The summed E-state index contributed by atoms with van der Waals surface area (Å²) >= 11 is 0. The van der Waals surface area contributed by atoms with Gasteiger partial charge in [0.2, 0.25) is 5.91 Å². The monoisotopic (exact) mass is 305 g/mol. The molecule has 2 aliphatic rings. The molecule has 2 nitrogen and oxygen atoms in total. The minimum absolute atomic E-state index is 0.153. The van der Waals surface area contributed by atoms with Crippen molar-refractivity contribution in [2.75, 3.05) is 0 Å². The molecule has 2 aliphatic carbocycles. The van der Waals surface area contributed by atoms with E-state index in [9.17, 15) is 4.79 Å². The Balaban J connectivity index is 1.51. The van der Waals surface area contributed by atoms with Crippen LogP contribution in [0.4, 0.5) is 0 Å². The zero-order chi connectivity index (χ0) is 15.6. The highest BCUT2D eigenvalue weighted by Crippen LogP contribution is 2.56. The maximum absolute atomic E-state index is 12.9. The van der Waals surface area contributed by atoms with Gasteiger partial charge < -0.3 is 5.32 Å². The largest absolute Gasteiger partial charge is 0.352 e. The summed E-state index contributed by atoms with van der Waals surface area (Å²) in [6, 6.07) is 20.8. The van der Waals surface area contributed by atoms with Crippen LogP contribution in [-0.4, -0.2) is 5.91 Å². The zero-order valence-corrected chi connectivity index (χ0v) is 13.3. The fourth-order valence-corrected chi connectivity index (χ4v) is 4.73. The Morgan fingerprint density at radius 3 is 2.30 bits per heavy atom. The van der Waals surface area contributed by atoms with Crippen LogP contribution in [0.3, 0.4) is 0 Å². The number of amides is 1. The first kappa shape index (κ1) is 14.5. The lowest BCUT2D eigenvalue weighted by molar-refractivity contribution is -0.127. The van der Waals surface area contributed by atoms with Gasteiger partial charge in [-0.3, -0.25) is 4.79 Å². The van der Waals surface area contributed by atoms with E-state index in [1.807, 2.05) is 18.2 Å². The highest BCUT2D eigenvalue weighted by atomic mass is 16.1. The SMILES string of the molecule is O=C(NCc1ccccc1)[C@H]1[C@H]2CC[C@H](C2)[C@@H]1c1ccccc1. The van der Waals surface area contributed by atoms with E-state index in [4.69, 9.17) is 0 Å². The first-order valence-electron chi connectivity index (χ1n) is 8.69. The van der Waals surface area contributed by atoms with E-state index in [0.717, 1.165) is 0 Å². The third-order valence-corrected chi connectivity index (χ3v) is 5.71. The lowest BCUT2D eigenvalue weighted by Crippen LogP contribution is -2.37. The van der Waals surface area contributed by atoms with Gasteiger partial charge in [0.25, 0.3) is 0 Å². The van der Waals surface area contributed by atoms with Crippen molar-refractivity contribution in [2.45, 2.75) is 31.7 Å². The molecule has 118 valence electrons. The van der Waals surface area contributed by atoms with Crippen LogP contribution in [0.15, 0.2) is 60.7 Å². The zero-order valence-electron chi connectivity index (χ0n) is 13.3. The van der Waals surface area contributed by atoms with Crippen molar-refractivity contribution < 1.29 is 4.79 Å². The van der Waals surface area contributed by atoms with E-state index < -0.39 is 0 Å². The van der Waals surface area contributed by atoms with Crippen molar-refractivity contribution >= 4 is 5.91 Å². The summed E-state index contributed by atoms with van der Waals surface area (Å²) in [7, 11) is 0. The van der Waals surface area contributed by atoms with E-state index in [2.05, 4.69) is 47.8 Å². The Bertz CT molecular complexity index is 667. The maximum atomic E-state index is 12.9. The summed E-state index contributed by atoms with van der Waals surface area (Å²) < 4.78 is 0. The third kappa shape index (κ3) is 2.78. The second-order valence-electron chi connectivity index (χ2n) is 7.00. The molecule has 0 radical (unpaired) electrons. The summed E-state index contributed by atoms with van der Waals surface area (Å²) in [5.41, 5.74) is 2.51. The first-order chi connectivity index (χ1) is 11.3. The molecule has 1 amide bonds. The Labute approximate surface area is 137 Å². The molecule has 23 heavy (non-hydrogen) atoms. The number of carbonyl (C=O) groups is 1. The van der Waals surface area contributed by atoms with Gasteiger partial charge in [-0.15, -0.1) is 0 Å². The molecule has 0 aliphatic heterocycles. The molecule has 2 fully saturated rings. The molecule has 0 unspecified atom stereocenters. The summed E-state index contributed by atoms with van der Waals surface area (Å²) in [6.07, 6.45) is 3.73. The molecule has 2 aromatic carbocycles. The van der Waals surface area contributed by atoms with Crippen LogP contribution in [-0.2, 0) is 11.3 Å². The van der Waals surface area contributed by atoms with Crippen molar-refractivity contribution in [1.82, 2.24) is 5.32 Å². The number of rotatable bonds is 4. The van der Waals surface area contributed by atoms with Crippen molar-refractivity contribution in [3.05, 3.63) is 71.8 Å². The van der Waals surface area contributed by atoms with Crippen LogP contribution in [0.5, 0.6) is 0 Å². The molecular weight excluding hydrogens is 282 g/mol. The average Bonchev–Trinajstić information content (AvgIpc) is 3.22. The van der Waals surface area contributed by atoms with Crippen molar-refractivity contribution in [3.63, 3.8) is 0 Å². The van der Waals surface area contributed by atoms with Crippen LogP contribution in [0.25, 0.3) is 0 Å². The molecule has 0 heterocycles. The van der Waals surface area contributed by atoms with Crippen LogP contribution in [0.2, 0.25) is 0 Å². The van der Waals surface area contributed by atoms with Crippen molar-refractivity contribution in [2.24, 2.45) is 17.8 Å². The summed E-state index contributed by atoms with van der Waals surface area (Å²) in [5.74, 6) is 2.07. The summed E-state index contributed by atoms with van der Waals surface area (Å²) in [4.78, 5) is 12.9. The summed E-state index contributed by atoms with van der Waals surface area (Å²) in [5, 5.41) is 3.19. The lowest BCUT2D eigenvalue weighted by atomic mass is 9.75. The molecule has 4 atom stereocenters. The fraction of sp³-hybridized carbons (Fsp3) is 0.381. The van der Waals surface area contributed by atoms with Gasteiger partial charge in [0.05, 0.1) is 0 Å².